The lowest BCUT2D eigenvalue weighted by Gasteiger charge is -2.07. The van der Waals surface area contributed by atoms with Gasteiger partial charge in [0.05, 0.1) is 21.8 Å². The summed E-state index contributed by atoms with van der Waals surface area (Å²) in [6, 6.07) is 3.13. The Morgan fingerprint density at radius 2 is 1.95 bits per heavy atom. The molecule has 2 aromatic rings. The van der Waals surface area contributed by atoms with Crippen molar-refractivity contribution in [3.05, 3.63) is 45.2 Å². The third-order valence-corrected chi connectivity index (χ3v) is 3.43. The van der Waals surface area contributed by atoms with Crippen molar-refractivity contribution in [2.24, 2.45) is 0 Å². The van der Waals surface area contributed by atoms with Gasteiger partial charge in [0.15, 0.2) is 0 Å². The molecule has 0 fully saturated rings. The second-order valence-corrected chi connectivity index (χ2v) is 5.39. The first-order chi connectivity index (χ1) is 9.02. The van der Waals surface area contributed by atoms with Gasteiger partial charge in [-0.25, -0.2) is 4.68 Å². The average molecular weight is 337 g/mol. The molecule has 1 heterocycles. The van der Waals surface area contributed by atoms with Gasteiger partial charge >= 0.3 is 0 Å². The lowest BCUT2D eigenvalue weighted by molar-refractivity contribution is 0.0984. The molecule has 2 rings (SSSR count). The van der Waals surface area contributed by atoms with Gasteiger partial charge < -0.3 is 0 Å². The minimum Gasteiger partial charge on any atom is -0.296 e. The van der Waals surface area contributed by atoms with Crippen LogP contribution in [0, 0.1) is 0 Å². The van der Waals surface area contributed by atoms with Crippen molar-refractivity contribution in [1.82, 2.24) is 14.5 Å². The number of carbonyl (C=O) groups is 1. The smallest absolute Gasteiger partial charge is 0.264 e. The number of nitrogens with zero attached hydrogens (tertiary/aromatic N) is 2. The summed E-state index contributed by atoms with van der Waals surface area (Å²) < 4.78 is 4.04. The summed E-state index contributed by atoms with van der Waals surface area (Å²) in [5.41, 5.74) is 0.896. The highest BCUT2D eigenvalue weighted by Gasteiger charge is 2.14. The number of hydrogen-bond acceptors (Lipinski definition) is 3. The molecular formula is C11H8Cl3N3OS. The Kier molecular flexibility index (Phi) is 4.62. The zero-order valence-corrected chi connectivity index (χ0v) is 12.7. The Morgan fingerprint density at radius 1 is 1.32 bits per heavy atom. The van der Waals surface area contributed by atoms with Crippen LogP contribution in [0.1, 0.15) is 10.4 Å². The zero-order chi connectivity index (χ0) is 14.0. The second kappa shape index (κ2) is 6.05. The van der Waals surface area contributed by atoms with E-state index in [1.807, 2.05) is 0 Å². The van der Waals surface area contributed by atoms with Crippen molar-refractivity contribution in [1.29, 1.82) is 0 Å². The van der Waals surface area contributed by atoms with E-state index in [4.69, 9.17) is 34.8 Å². The molecule has 0 aliphatic rings. The van der Waals surface area contributed by atoms with Crippen LogP contribution < -0.4 is 4.72 Å². The molecule has 0 aliphatic carbocycles. The Morgan fingerprint density at radius 3 is 2.53 bits per heavy atom. The molecule has 1 amide bonds. The monoisotopic (exact) mass is 335 g/mol. The molecule has 1 aromatic heterocycles. The predicted octanol–water partition coefficient (Wildman–Crippen LogP) is 3.84. The van der Waals surface area contributed by atoms with E-state index in [0.717, 1.165) is 0 Å². The Labute approximate surface area is 129 Å². The molecule has 0 bridgehead atoms. The van der Waals surface area contributed by atoms with Crippen LogP contribution >= 0.6 is 46.8 Å². The van der Waals surface area contributed by atoms with E-state index in [2.05, 4.69) is 9.82 Å². The van der Waals surface area contributed by atoms with E-state index < -0.39 is 0 Å². The first-order valence-electron chi connectivity index (χ1n) is 5.06. The molecule has 1 aromatic carbocycles. The molecule has 0 saturated heterocycles. The van der Waals surface area contributed by atoms with E-state index in [0.29, 0.717) is 26.3 Å². The molecule has 0 radical (unpaired) electrons. The molecule has 100 valence electrons. The van der Waals surface area contributed by atoms with Crippen molar-refractivity contribution in [3.63, 3.8) is 0 Å². The number of aromatic nitrogens is 2. The van der Waals surface area contributed by atoms with Crippen molar-refractivity contribution in [2.45, 2.75) is 0 Å². The second-order valence-electron chi connectivity index (χ2n) is 3.53. The SMILES string of the molecule is CSNC(=O)c1cnn(-c2c(Cl)cc(Cl)cc2Cl)c1. The average Bonchev–Trinajstić information content (AvgIpc) is 2.77. The first kappa shape index (κ1) is 14.5. The molecule has 0 spiro atoms. The lowest BCUT2D eigenvalue weighted by Crippen LogP contribution is -2.14. The quantitative estimate of drug-likeness (QED) is 0.866. The standard InChI is InChI=1S/C11H8Cl3N3OS/c1-19-16-11(18)6-4-15-17(5-6)10-8(13)2-7(12)3-9(10)14/h2-5H,1H3,(H,16,18). The molecule has 0 aliphatic heterocycles. The van der Waals surface area contributed by atoms with Gasteiger partial charge in [-0.15, -0.1) is 0 Å². The minimum absolute atomic E-state index is 0.236. The maximum atomic E-state index is 11.6. The van der Waals surface area contributed by atoms with Crippen molar-refractivity contribution in [2.75, 3.05) is 6.26 Å². The topological polar surface area (TPSA) is 46.9 Å². The largest absolute Gasteiger partial charge is 0.296 e. The molecule has 0 atom stereocenters. The summed E-state index contributed by atoms with van der Waals surface area (Å²) in [5, 5.41) is 5.23. The minimum atomic E-state index is -0.236. The summed E-state index contributed by atoms with van der Waals surface area (Å²) >= 11 is 19.2. The highest BCUT2D eigenvalue weighted by atomic mass is 35.5. The van der Waals surface area contributed by atoms with Gasteiger partial charge in [-0.2, -0.15) is 5.10 Å². The summed E-state index contributed by atoms with van der Waals surface area (Å²) in [4.78, 5) is 11.6. The Hall–Kier alpha value is -0.880. The highest BCUT2D eigenvalue weighted by Crippen LogP contribution is 2.31. The van der Waals surface area contributed by atoms with Crippen LogP contribution in [0.4, 0.5) is 0 Å². The third-order valence-electron chi connectivity index (χ3n) is 2.25. The molecule has 0 saturated carbocycles. The summed E-state index contributed by atoms with van der Waals surface area (Å²) in [6.45, 7) is 0. The Bertz CT molecular complexity index is 606. The van der Waals surface area contributed by atoms with Gasteiger partial charge in [0, 0.05) is 17.5 Å². The molecule has 19 heavy (non-hydrogen) atoms. The number of hydrogen-bond donors (Lipinski definition) is 1. The van der Waals surface area contributed by atoms with Crippen LogP contribution in [0.15, 0.2) is 24.5 Å². The number of rotatable bonds is 3. The van der Waals surface area contributed by atoms with Crippen molar-refractivity contribution >= 4 is 52.7 Å². The van der Waals surface area contributed by atoms with Gasteiger partial charge in [-0.3, -0.25) is 9.52 Å². The molecular weight excluding hydrogens is 329 g/mol. The van der Waals surface area contributed by atoms with Crippen molar-refractivity contribution in [3.8, 4) is 5.69 Å². The van der Waals surface area contributed by atoms with E-state index in [1.54, 1.807) is 24.6 Å². The highest BCUT2D eigenvalue weighted by molar-refractivity contribution is 7.97. The summed E-state index contributed by atoms with van der Waals surface area (Å²) in [5.74, 6) is -0.236. The van der Waals surface area contributed by atoms with Gasteiger partial charge in [-0.1, -0.05) is 46.8 Å². The van der Waals surface area contributed by atoms with Crippen LogP contribution in [0.2, 0.25) is 15.1 Å². The lowest BCUT2D eigenvalue weighted by atomic mass is 10.3. The number of benzene rings is 1. The van der Waals surface area contributed by atoms with E-state index in [-0.39, 0.29) is 5.91 Å². The normalized spacial score (nSPS) is 10.5. The summed E-state index contributed by atoms with van der Waals surface area (Å²) in [7, 11) is 0. The molecule has 4 nitrogen and oxygen atoms in total. The fraction of sp³-hybridized carbons (Fsp3) is 0.0909. The van der Waals surface area contributed by atoms with Crippen molar-refractivity contribution < 1.29 is 4.79 Å². The predicted molar refractivity (Wildman–Crippen MR) is 79.6 cm³/mol. The maximum Gasteiger partial charge on any atom is 0.264 e. The molecule has 8 heteroatoms. The fourth-order valence-electron chi connectivity index (χ4n) is 1.47. The van der Waals surface area contributed by atoms with Gasteiger partial charge in [0.1, 0.15) is 5.69 Å². The number of halogens is 3. The van der Waals surface area contributed by atoms with Crippen LogP contribution in [0.25, 0.3) is 5.69 Å². The van der Waals surface area contributed by atoms with Crippen LogP contribution in [-0.2, 0) is 0 Å². The third kappa shape index (κ3) is 3.17. The van der Waals surface area contributed by atoms with Gasteiger partial charge in [0.2, 0.25) is 0 Å². The Balaban J connectivity index is 2.41. The summed E-state index contributed by atoms with van der Waals surface area (Å²) in [6.07, 6.45) is 4.74. The maximum absolute atomic E-state index is 11.6. The number of amides is 1. The number of carbonyl (C=O) groups excluding carboxylic acids is 1. The van der Waals surface area contributed by atoms with Gasteiger partial charge in [0.25, 0.3) is 5.91 Å². The van der Waals surface area contributed by atoms with E-state index >= 15 is 0 Å². The number of nitrogens with one attached hydrogen (secondary N) is 1. The fourth-order valence-corrected chi connectivity index (χ4v) is 2.76. The van der Waals surface area contributed by atoms with Gasteiger partial charge in [-0.05, 0) is 12.1 Å². The van der Waals surface area contributed by atoms with Crippen LogP contribution in [0.5, 0.6) is 0 Å². The molecule has 1 N–H and O–H groups in total. The van der Waals surface area contributed by atoms with Crippen LogP contribution in [-0.4, -0.2) is 21.9 Å². The zero-order valence-electron chi connectivity index (χ0n) is 9.65. The van der Waals surface area contributed by atoms with Crippen LogP contribution in [0.3, 0.4) is 0 Å². The van der Waals surface area contributed by atoms with E-state index in [9.17, 15) is 4.79 Å². The molecule has 0 unspecified atom stereocenters. The first-order valence-corrected chi connectivity index (χ1v) is 7.41. The van der Waals surface area contributed by atoms with E-state index in [1.165, 1.54) is 22.8 Å².